The second-order valence-corrected chi connectivity index (χ2v) is 9.47. The molecule has 3 heterocycles. The number of nitrogens with one attached hydrogen (secondary N) is 1. The minimum absolute atomic E-state index is 0.0259. The first-order valence-electron chi connectivity index (χ1n) is 12.3. The van der Waals surface area contributed by atoms with Crippen molar-refractivity contribution in [2.24, 2.45) is 0 Å². The van der Waals surface area contributed by atoms with Gasteiger partial charge in [0.15, 0.2) is 0 Å². The van der Waals surface area contributed by atoms with Crippen LogP contribution in [0.4, 0.5) is 15.3 Å². The molecule has 9 nitrogen and oxygen atoms in total. The molecule has 194 valence electrons. The number of hydrogen-bond acceptors (Lipinski definition) is 5. The van der Waals surface area contributed by atoms with Gasteiger partial charge in [-0.3, -0.25) is 4.90 Å². The summed E-state index contributed by atoms with van der Waals surface area (Å²) in [6.45, 7) is 7.39. The van der Waals surface area contributed by atoms with Crippen molar-refractivity contribution >= 4 is 17.7 Å². The maximum atomic E-state index is 13.6. The summed E-state index contributed by atoms with van der Waals surface area (Å²) in [5.41, 5.74) is 3.23. The molecule has 9 heteroatoms. The van der Waals surface area contributed by atoms with E-state index >= 15 is 0 Å². The number of carbonyl (C=O) groups is 2. The largest absolute Gasteiger partial charge is 0.497 e. The Labute approximate surface area is 212 Å². The molecule has 1 N–H and O–H groups in total. The van der Waals surface area contributed by atoms with E-state index in [0.29, 0.717) is 43.3 Å². The molecule has 4 amide bonds. The van der Waals surface area contributed by atoms with Crippen LogP contribution in [0, 0.1) is 6.92 Å². The number of furan rings is 1. The van der Waals surface area contributed by atoms with Crippen LogP contribution in [0.1, 0.15) is 43.6 Å². The van der Waals surface area contributed by atoms with Crippen LogP contribution in [0.3, 0.4) is 0 Å². The number of aryl methyl sites for hydroxylation is 1. The minimum Gasteiger partial charge on any atom is -0.497 e. The fourth-order valence-electron chi connectivity index (χ4n) is 5.25. The van der Waals surface area contributed by atoms with Crippen LogP contribution in [0.2, 0.25) is 0 Å². The van der Waals surface area contributed by atoms with Crippen molar-refractivity contribution in [2.45, 2.75) is 52.1 Å². The Kier molecular flexibility index (Phi) is 7.19. The van der Waals surface area contributed by atoms with Gasteiger partial charge in [0.05, 0.1) is 38.3 Å². The SMILES string of the molecule is CCN1C(=O)N2Cc3cc(OC)cc(OC)c3CC/C=C\2C1(C)CCN(C)C(=O)Nc1ccoc1C. The van der Waals surface area contributed by atoms with Crippen LogP contribution in [0.25, 0.3) is 0 Å². The molecule has 2 aromatic rings. The van der Waals surface area contributed by atoms with Crippen molar-refractivity contribution in [2.75, 3.05) is 39.7 Å². The summed E-state index contributed by atoms with van der Waals surface area (Å²) in [7, 11) is 5.06. The number of fused-ring (bicyclic) bond motifs is 2. The monoisotopic (exact) mass is 496 g/mol. The lowest BCUT2D eigenvalue weighted by Crippen LogP contribution is -2.46. The molecule has 36 heavy (non-hydrogen) atoms. The number of rotatable bonds is 7. The van der Waals surface area contributed by atoms with E-state index < -0.39 is 5.54 Å². The predicted octanol–water partition coefficient (Wildman–Crippen LogP) is 5.01. The summed E-state index contributed by atoms with van der Waals surface area (Å²) in [6.07, 6.45) is 5.92. The normalized spacial score (nSPS) is 20.6. The molecule has 1 aromatic carbocycles. The average molecular weight is 497 g/mol. The molecule has 0 saturated carbocycles. The number of ether oxygens (including phenoxy) is 2. The number of urea groups is 2. The molecule has 1 saturated heterocycles. The van der Waals surface area contributed by atoms with Gasteiger partial charge in [0.1, 0.15) is 17.3 Å². The molecule has 0 aliphatic carbocycles. The molecule has 0 bridgehead atoms. The molecule has 0 spiro atoms. The van der Waals surface area contributed by atoms with Crippen molar-refractivity contribution < 1.29 is 23.5 Å². The van der Waals surface area contributed by atoms with E-state index in [-0.39, 0.29) is 12.1 Å². The summed E-state index contributed by atoms with van der Waals surface area (Å²) in [5, 5.41) is 2.88. The summed E-state index contributed by atoms with van der Waals surface area (Å²) in [4.78, 5) is 31.8. The van der Waals surface area contributed by atoms with Crippen LogP contribution < -0.4 is 14.8 Å². The number of likely N-dealkylation sites (N-methyl/N-ethyl adjacent to an activating group) is 1. The average Bonchev–Trinajstić information content (AvgIpc) is 3.33. The van der Waals surface area contributed by atoms with Gasteiger partial charge >= 0.3 is 12.1 Å². The van der Waals surface area contributed by atoms with Crippen molar-refractivity contribution in [3.05, 3.63) is 53.1 Å². The maximum absolute atomic E-state index is 13.6. The molecular weight excluding hydrogens is 460 g/mol. The van der Waals surface area contributed by atoms with Gasteiger partial charge in [-0.25, -0.2) is 9.59 Å². The maximum Gasteiger partial charge on any atom is 0.325 e. The molecular formula is C27H36N4O5. The molecule has 0 radical (unpaired) electrons. The van der Waals surface area contributed by atoms with Gasteiger partial charge in [-0.2, -0.15) is 0 Å². The second-order valence-electron chi connectivity index (χ2n) is 9.47. The van der Waals surface area contributed by atoms with E-state index in [9.17, 15) is 9.59 Å². The van der Waals surface area contributed by atoms with E-state index in [1.807, 2.05) is 28.9 Å². The highest BCUT2D eigenvalue weighted by Gasteiger charge is 2.50. The van der Waals surface area contributed by atoms with E-state index in [4.69, 9.17) is 13.9 Å². The highest BCUT2D eigenvalue weighted by atomic mass is 16.5. The topological polar surface area (TPSA) is 87.5 Å². The lowest BCUT2D eigenvalue weighted by molar-refractivity contribution is 0.159. The second kappa shape index (κ2) is 10.2. The van der Waals surface area contributed by atoms with Crippen molar-refractivity contribution in [1.29, 1.82) is 0 Å². The van der Waals surface area contributed by atoms with Crippen LogP contribution in [0.15, 0.2) is 40.7 Å². The van der Waals surface area contributed by atoms with Crippen LogP contribution in [-0.2, 0) is 13.0 Å². The Balaban J connectivity index is 1.57. The van der Waals surface area contributed by atoms with Crippen molar-refractivity contribution in [3.8, 4) is 11.5 Å². The lowest BCUT2D eigenvalue weighted by Gasteiger charge is -2.35. The van der Waals surface area contributed by atoms with Gasteiger partial charge < -0.3 is 29.0 Å². The number of allylic oxidation sites excluding steroid dienone is 1. The van der Waals surface area contributed by atoms with Crippen molar-refractivity contribution in [3.63, 3.8) is 0 Å². The number of nitrogens with zero attached hydrogens (tertiary/aromatic N) is 3. The highest BCUT2D eigenvalue weighted by Crippen LogP contribution is 2.42. The van der Waals surface area contributed by atoms with Gasteiger partial charge in [-0.15, -0.1) is 0 Å². The third-order valence-corrected chi connectivity index (χ3v) is 7.39. The Morgan fingerprint density at radius 2 is 2.06 bits per heavy atom. The summed E-state index contributed by atoms with van der Waals surface area (Å²) in [6, 6.07) is 5.38. The molecule has 1 unspecified atom stereocenters. The van der Waals surface area contributed by atoms with E-state index in [0.717, 1.165) is 35.4 Å². The number of benzene rings is 1. The zero-order valence-corrected chi connectivity index (χ0v) is 22.0. The quantitative estimate of drug-likeness (QED) is 0.583. The van der Waals surface area contributed by atoms with Gasteiger partial charge in [0, 0.05) is 38.0 Å². The zero-order valence-electron chi connectivity index (χ0n) is 22.0. The smallest absolute Gasteiger partial charge is 0.325 e. The first kappa shape index (κ1) is 25.5. The van der Waals surface area contributed by atoms with Crippen LogP contribution in [0.5, 0.6) is 11.5 Å². The third-order valence-electron chi connectivity index (χ3n) is 7.39. The Morgan fingerprint density at radius 3 is 2.69 bits per heavy atom. The number of methoxy groups -OCH3 is 2. The summed E-state index contributed by atoms with van der Waals surface area (Å²) in [5.74, 6) is 2.15. The van der Waals surface area contributed by atoms with Crippen LogP contribution in [-0.4, -0.2) is 66.7 Å². The van der Waals surface area contributed by atoms with Gasteiger partial charge in [-0.1, -0.05) is 6.08 Å². The number of hydrogen-bond donors (Lipinski definition) is 1. The fourth-order valence-corrected chi connectivity index (χ4v) is 5.25. The molecule has 2 aliphatic rings. The molecule has 4 rings (SSSR count). The Morgan fingerprint density at radius 1 is 1.28 bits per heavy atom. The minimum atomic E-state index is -0.535. The summed E-state index contributed by atoms with van der Waals surface area (Å²) >= 11 is 0. The van der Waals surface area contributed by atoms with Gasteiger partial charge in [0.25, 0.3) is 0 Å². The molecule has 1 aromatic heterocycles. The predicted molar refractivity (Wildman–Crippen MR) is 137 cm³/mol. The zero-order chi connectivity index (χ0) is 26.0. The van der Waals surface area contributed by atoms with Gasteiger partial charge in [0.2, 0.25) is 0 Å². The fraction of sp³-hybridized carbons (Fsp3) is 0.481. The molecule has 1 atom stereocenters. The first-order valence-corrected chi connectivity index (χ1v) is 12.3. The summed E-state index contributed by atoms with van der Waals surface area (Å²) < 4.78 is 16.4. The number of carbonyl (C=O) groups excluding carboxylic acids is 2. The van der Waals surface area contributed by atoms with E-state index in [2.05, 4.69) is 18.3 Å². The third kappa shape index (κ3) is 4.50. The lowest BCUT2D eigenvalue weighted by atomic mass is 9.89. The standard InChI is InChI=1S/C27H36N4O5/c1-7-31-26(33)30-17-19-15-20(34-5)16-23(35-6)21(19)9-8-10-24(30)27(31,3)12-13-29(4)25(32)28-22-11-14-36-18(22)2/h10-11,14-16H,7-9,12-13,17H2,1-6H3,(H,28,32)/b24-10-. The molecule has 2 aliphatic heterocycles. The molecule has 1 fully saturated rings. The Bertz CT molecular complexity index is 1170. The van der Waals surface area contributed by atoms with Crippen LogP contribution >= 0.6 is 0 Å². The van der Waals surface area contributed by atoms with Crippen molar-refractivity contribution in [1.82, 2.24) is 14.7 Å². The number of anilines is 1. The number of amides is 4. The Hall–Kier alpha value is -3.62. The first-order chi connectivity index (χ1) is 17.2. The van der Waals surface area contributed by atoms with E-state index in [1.54, 1.807) is 45.4 Å². The van der Waals surface area contributed by atoms with E-state index in [1.165, 1.54) is 0 Å². The highest BCUT2D eigenvalue weighted by molar-refractivity contribution is 5.89. The van der Waals surface area contributed by atoms with Gasteiger partial charge in [-0.05, 0) is 57.2 Å².